The molecule has 1 aromatic carbocycles. The fraction of sp³-hybridized carbons (Fsp3) is 0.652. The van der Waals surface area contributed by atoms with Crippen molar-refractivity contribution < 1.29 is 37.0 Å². The molecular weight excluding hydrogens is 455 g/mol. The van der Waals surface area contributed by atoms with E-state index in [2.05, 4.69) is 15.5 Å². The van der Waals surface area contributed by atoms with E-state index >= 15 is 0 Å². The number of hydrogen-bond acceptors (Lipinski definition) is 6. The first-order valence-electron chi connectivity index (χ1n) is 11.4. The molecular formula is C23H32F3N3O5. The minimum atomic E-state index is -4.55. The van der Waals surface area contributed by atoms with Crippen molar-refractivity contribution in [2.24, 2.45) is 0 Å². The second-order valence-electron chi connectivity index (χ2n) is 8.50. The van der Waals surface area contributed by atoms with E-state index in [1.807, 2.05) is 6.92 Å². The van der Waals surface area contributed by atoms with Crippen LogP contribution in [0.4, 0.5) is 13.2 Å². The number of rotatable bonds is 9. The number of ether oxygens (including phenoxy) is 3. The number of benzene rings is 1. The van der Waals surface area contributed by atoms with Crippen molar-refractivity contribution in [1.29, 1.82) is 0 Å². The first-order valence-corrected chi connectivity index (χ1v) is 11.4. The third kappa shape index (κ3) is 6.91. The number of carbonyl (C=O) groups excluding carboxylic acids is 2. The minimum Gasteiger partial charge on any atom is -0.379 e. The van der Waals surface area contributed by atoms with Crippen molar-refractivity contribution in [2.75, 3.05) is 46.6 Å². The van der Waals surface area contributed by atoms with E-state index in [9.17, 15) is 22.8 Å². The lowest BCUT2D eigenvalue weighted by atomic mass is 10.0. The fourth-order valence-corrected chi connectivity index (χ4v) is 4.35. The molecule has 2 unspecified atom stereocenters. The second-order valence-corrected chi connectivity index (χ2v) is 8.50. The Morgan fingerprint density at radius 2 is 2.03 bits per heavy atom. The molecule has 0 spiro atoms. The Morgan fingerprint density at radius 3 is 2.74 bits per heavy atom. The van der Waals surface area contributed by atoms with E-state index in [1.165, 1.54) is 6.07 Å². The zero-order valence-electron chi connectivity index (χ0n) is 19.4. The van der Waals surface area contributed by atoms with Crippen LogP contribution in [0.15, 0.2) is 24.3 Å². The van der Waals surface area contributed by atoms with Gasteiger partial charge in [-0.2, -0.15) is 13.2 Å². The van der Waals surface area contributed by atoms with Crippen LogP contribution in [0.5, 0.6) is 0 Å². The van der Waals surface area contributed by atoms with Crippen molar-refractivity contribution in [2.45, 2.75) is 50.2 Å². The fourth-order valence-electron chi connectivity index (χ4n) is 4.35. The smallest absolute Gasteiger partial charge is 0.379 e. The highest BCUT2D eigenvalue weighted by Gasteiger charge is 2.41. The summed E-state index contributed by atoms with van der Waals surface area (Å²) < 4.78 is 55.7. The summed E-state index contributed by atoms with van der Waals surface area (Å²) in [4.78, 5) is 27.1. The zero-order chi connectivity index (χ0) is 24.7. The first-order chi connectivity index (χ1) is 16.2. The molecule has 2 aliphatic heterocycles. The molecule has 4 atom stereocenters. The molecule has 190 valence electrons. The average Bonchev–Trinajstić information content (AvgIpc) is 3.22. The monoisotopic (exact) mass is 487 g/mol. The quantitative estimate of drug-likeness (QED) is 0.553. The van der Waals surface area contributed by atoms with Crippen LogP contribution in [0, 0.1) is 0 Å². The molecule has 2 saturated heterocycles. The van der Waals surface area contributed by atoms with Gasteiger partial charge in [-0.1, -0.05) is 13.0 Å². The van der Waals surface area contributed by atoms with Gasteiger partial charge in [-0.15, -0.1) is 0 Å². The van der Waals surface area contributed by atoms with Crippen LogP contribution in [-0.4, -0.2) is 87.6 Å². The van der Waals surface area contributed by atoms with Gasteiger partial charge >= 0.3 is 6.18 Å². The number of likely N-dealkylation sites (tertiary alicyclic amines) is 1. The zero-order valence-corrected chi connectivity index (χ0v) is 19.4. The lowest BCUT2D eigenvalue weighted by Gasteiger charge is -2.36. The van der Waals surface area contributed by atoms with Crippen LogP contribution in [-0.2, 0) is 25.2 Å². The summed E-state index contributed by atoms with van der Waals surface area (Å²) in [6, 6.07) is 3.93. The molecule has 2 aliphatic rings. The number of nitrogens with zero attached hydrogens (tertiary/aromatic N) is 1. The molecule has 0 radical (unpaired) electrons. The van der Waals surface area contributed by atoms with Gasteiger partial charge in [-0.3, -0.25) is 14.5 Å². The van der Waals surface area contributed by atoms with Crippen LogP contribution in [0.25, 0.3) is 0 Å². The molecule has 11 heteroatoms. The Labute approximate surface area is 197 Å². The number of amides is 2. The van der Waals surface area contributed by atoms with Crippen molar-refractivity contribution in [3.8, 4) is 0 Å². The first kappa shape index (κ1) is 26.4. The number of carbonyl (C=O) groups is 2. The van der Waals surface area contributed by atoms with Gasteiger partial charge in [-0.25, -0.2) is 0 Å². The predicted octanol–water partition coefficient (Wildman–Crippen LogP) is 1.83. The van der Waals surface area contributed by atoms with E-state index < -0.39 is 23.6 Å². The van der Waals surface area contributed by atoms with Crippen LogP contribution < -0.4 is 10.6 Å². The third-order valence-corrected chi connectivity index (χ3v) is 6.08. The predicted molar refractivity (Wildman–Crippen MR) is 117 cm³/mol. The van der Waals surface area contributed by atoms with E-state index in [1.54, 1.807) is 7.11 Å². The van der Waals surface area contributed by atoms with Crippen LogP contribution >= 0.6 is 0 Å². The summed E-state index contributed by atoms with van der Waals surface area (Å²) in [6.07, 6.45) is -3.19. The molecule has 8 nitrogen and oxygen atoms in total. The van der Waals surface area contributed by atoms with Crippen molar-refractivity contribution >= 4 is 11.8 Å². The molecule has 2 amide bonds. The second kappa shape index (κ2) is 12.0. The van der Waals surface area contributed by atoms with E-state index in [0.29, 0.717) is 32.9 Å². The topological polar surface area (TPSA) is 89.1 Å². The highest BCUT2D eigenvalue weighted by Crippen LogP contribution is 2.29. The maximum Gasteiger partial charge on any atom is 0.416 e. The highest BCUT2D eigenvalue weighted by molar-refractivity contribution is 5.96. The van der Waals surface area contributed by atoms with Gasteiger partial charge in [-0.05, 0) is 31.0 Å². The maximum absolute atomic E-state index is 12.9. The molecule has 2 fully saturated rings. The summed E-state index contributed by atoms with van der Waals surface area (Å²) >= 11 is 0. The summed E-state index contributed by atoms with van der Waals surface area (Å²) in [6.45, 7) is 4.54. The summed E-state index contributed by atoms with van der Waals surface area (Å²) in [5, 5.41) is 5.30. The van der Waals surface area contributed by atoms with E-state index in [0.717, 1.165) is 31.0 Å². The van der Waals surface area contributed by atoms with Crippen LogP contribution in [0.1, 0.15) is 35.7 Å². The van der Waals surface area contributed by atoms with Crippen molar-refractivity contribution in [1.82, 2.24) is 15.5 Å². The lowest BCUT2D eigenvalue weighted by Crippen LogP contribution is -2.50. The molecule has 2 N–H and O–H groups in total. The standard InChI is InChI=1S/C23H32F3N3O5/c1-3-8-34-19-13-29(18-7-9-33-14-20(18)32-2)12-17(19)28-21(30)11-27-22(31)15-5-4-6-16(10-15)23(24,25)26/h4-6,10,17-20H,3,7-9,11-14H2,1-2H3,(H,27,31)(H,28,30)/t17-,18?,19-,20?/m0/s1. The Morgan fingerprint density at radius 1 is 1.24 bits per heavy atom. The molecule has 0 bridgehead atoms. The van der Waals surface area contributed by atoms with Gasteiger partial charge in [0, 0.05) is 45.0 Å². The largest absolute Gasteiger partial charge is 0.416 e. The molecule has 0 aliphatic carbocycles. The number of nitrogens with one attached hydrogen (secondary N) is 2. The van der Waals surface area contributed by atoms with Gasteiger partial charge in [0.05, 0.1) is 37.0 Å². The molecule has 0 aromatic heterocycles. The number of hydrogen-bond donors (Lipinski definition) is 2. The maximum atomic E-state index is 12.9. The van der Waals surface area contributed by atoms with Crippen LogP contribution in [0.3, 0.4) is 0 Å². The van der Waals surface area contributed by atoms with E-state index in [-0.39, 0.29) is 36.4 Å². The molecule has 2 heterocycles. The lowest BCUT2D eigenvalue weighted by molar-refractivity contribution is -0.137. The Bertz CT molecular complexity index is 838. The molecule has 0 saturated carbocycles. The van der Waals surface area contributed by atoms with Gasteiger partial charge in [0.1, 0.15) is 0 Å². The van der Waals surface area contributed by atoms with Gasteiger partial charge in [0.2, 0.25) is 5.91 Å². The Kier molecular flexibility index (Phi) is 9.29. The van der Waals surface area contributed by atoms with Crippen LogP contribution in [0.2, 0.25) is 0 Å². The number of halogens is 3. The minimum absolute atomic E-state index is 0.0678. The number of alkyl halides is 3. The summed E-state index contributed by atoms with van der Waals surface area (Å²) in [5.74, 6) is -1.19. The highest BCUT2D eigenvalue weighted by atomic mass is 19.4. The normalized spacial score (nSPS) is 25.8. The molecule has 34 heavy (non-hydrogen) atoms. The Hall–Kier alpha value is -2.21. The SMILES string of the molecule is CCCO[C@H]1CN(C2CCOCC2OC)C[C@@H]1NC(=O)CNC(=O)c1cccc(C(F)(F)F)c1. The van der Waals surface area contributed by atoms with Gasteiger partial charge in [0.25, 0.3) is 5.91 Å². The van der Waals surface area contributed by atoms with Gasteiger partial charge in [0.15, 0.2) is 0 Å². The molecule has 1 aromatic rings. The Balaban J connectivity index is 1.57. The summed E-state index contributed by atoms with van der Waals surface area (Å²) in [7, 11) is 1.65. The van der Waals surface area contributed by atoms with Crippen molar-refractivity contribution in [3.05, 3.63) is 35.4 Å². The molecule has 3 rings (SSSR count). The average molecular weight is 488 g/mol. The third-order valence-electron chi connectivity index (χ3n) is 6.08. The van der Waals surface area contributed by atoms with E-state index in [4.69, 9.17) is 14.2 Å². The van der Waals surface area contributed by atoms with Crippen molar-refractivity contribution in [3.63, 3.8) is 0 Å². The van der Waals surface area contributed by atoms with Gasteiger partial charge < -0.3 is 24.8 Å². The number of methoxy groups -OCH3 is 1. The summed E-state index contributed by atoms with van der Waals surface area (Å²) in [5.41, 5.74) is -1.09.